The van der Waals surface area contributed by atoms with Gasteiger partial charge in [0, 0.05) is 22.9 Å². The normalized spacial score (nSPS) is 21.4. The van der Waals surface area contributed by atoms with Gasteiger partial charge in [-0.15, -0.1) is 11.8 Å². The summed E-state index contributed by atoms with van der Waals surface area (Å²) in [7, 11) is -3.07. The molecule has 0 aromatic heterocycles. The summed E-state index contributed by atoms with van der Waals surface area (Å²) in [6.45, 7) is 2.16. The lowest BCUT2D eigenvalue weighted by Gasteiger charge is -2.22. The fourth-order valence-corrected chi connectivity index (χ4v) is 3.67. The van der Waals surface area contributed by atoms with Crippen molar-refractivity contribution in [2.75, 3.05) is 19.3 Å². The summed E-state index contributed by atoms with van der Waals surface area (Å²) < 4.78 is 22.6. The second-order valence-electron chi connectivity index (χ2n) is 4.33. The maximum Gasteiger partial charge on any atom is 0.175 e. The molecule has 5 heteroatoms. The first-order chi connectivity index (χ1) is 8.05. The molecular formula is C12H17NO2S2. The largest absolute Gasteiger partial charge is 0.316 e. The van der Waals surface area contributed by atoms with Crippen molar-refractivity contribution in [3.63, 3.8) is 0 Å². The summed E-state index contributed by atoms with van der Waals surface area (Å²) in [5, 5.41) is 3.98. The molecule has 0 amide bonds. The van der Waals surface area contributed by atoms with E-state index >= 15 is 0 Å². The molecule has 1 fully saturated rings. The molecule has 1 atom stereocenters. The van der Waals surface area contributed by atoms with Crippen LogP contribution in [0.1, 0.15) is 12.8 Å². The molecule has 2 rings (SSSR count). The van der Waals surface area contributed by atoms with Crippen molar-refractivity contribution in [3.8, 4) is 0 Å². The third-order valence-corrected chi connectivity index (χ3v) is 5.21. The minimum absolute atomic E-state index is 0.392. The third-order valence-electron chi connectivity index (χ3n) is 2.81. The zero-order valence-corrected chi connectivity index (χ0v) is 11.5. The van der Waals surface area contributed by atoms with E-state index in [-0.39, 0.29) is 0 Å². The van der Waals surface area contributed by atoms with Crippen LogP contribution in [-0.4, -0.2) is 33.0 Å². The van der Waals surface area contributed by atoms with E-state index in [1.807, 2.05) is 23.9 Å². The molecule has 1 unspecified atom stereocenters. The minimum atomic E-state index is -3.07. The van der Waals surface area contributed by atoms with Crippen LogP contribution in [-0.2, 0) is 9.84 Å². The van der Waals surface area contributed by atoms with Crippen molar-refractivity contribution in [2.24, 2.45) is 0 Å². The van der Waals surface area contributed by atoms with Crippen LogP contribution in [0.3, 0.4) is 0 Å². The van der Waals surface area contributed by atoms with Gasteiger partial charge < -0.3 is 5.32 Å². The van der Waals surface area contributed by atoms with Crippen LogP contribution in [0.2, 0.25) is 0 Å². The highest BCUT2D eigenvalue weighted by Crippen LogP contribution is 2.28. The minimum Gasteiger partial charge on any atom is -0.316 e. The van der Waals surface area contributed by atoms with Crippen molar-refractivity contribution in [1.29, 1.82) is 0 Å². The van der Waals surface area contributed by atoms with E-state index in [0.29, 0.717) is 10.1 Å². The van der Waals surface area contributed by atoms with Crippen LogP contribution < -0.4 is 5.32 Å². The van der Waals surface area contributed by atoms with E-state index in [1.54, 1.807) is 12.1 Å². The number of benzene rings is 1. The summed E-state index contributed by atoms with van der Waals surface area (Å²) in [6, 6.07) is 7.17. The zero-order chi connectivity index (χ0) is 12.3. The first-order valence-corrected chi connectivity index (χ1v) is 8.50. The monoisotopic (exact) mass is 271 g/mol. The Morgan fingerprint density at radius 3 is 2.53 bits per heavy atom. The molecule has 1 saturated heterocycles. The molecule has 17 heavy (non-hydrogen) atoms. The second kappa shape index (κ2) is 5.42. The number of piperidine rings is 1. The van der Waals surface area contributed by atoms with Crippen molar-refractivity contribution in [2.45, 2.75) is 27.9 Å². The average Bonchev–Trinajstić information content (AvgIpc) is 2.30. The third kappa shape index (κ3) is 3.72. The van der Waals surface area contributed by atoms with Gasteiger partial charge in [0.2, 0.25) is 0 Å². The van der Waals surface area contributed by atoms with E-state index in [0.717, 1.165) is 18.0 Å². The van der Waals surface area contributed by atoms with Gasteiger partial charge in [-0.25, -0.2) is 8.42 Å². The molecule has 0 saturated carbocycles. The molecule has 1 aliphatic heterocycles. The fourth-order valence-electron chi connectivity index (χ4n) is 1.88. The lowest BCUT2D eigenvalue weighted by Crippen LogP contribution is -2.31. The quantitative estimate of drug-likeness (QED) is 0.912. The van der Waals surface area contributed by atoms with Crippen LogP contribution in [0.4, 0.5) is 0 Å². The van der Waals surface area contributed by atoms with Gasteiger partial charge in [-0.1, -0.05) is 0 Å². The Morgan fingerprint density at radius 2 is 2.00 bits per heavy atom. The van der Waals surface area contributed by atoms with Crippen LogP contribution in [0.5, 0.6) is 0 Å². The summed E-state index contributed by atoms with van der Waals surface area (Å²) in [6.07, 6.45) is 3.69. The first kappa shape index (κ1) is 12.9. The highest BCUT2D eigenvalue weighted by molar-refractivity contribution is 8.00. The Kier molecular flexibility index (Phi) is 4.12. The van der Waals surface area contributed by atoms with E-state index in [2.05, 4.69) is 5.32 Å². The summed E-state index contributed by atoms with van der Waals surface area (Å²) in [5.41, 5.74) is 0. The molecule has 0 aliphatic carbocycles. The summed E-state index contributed by atoms with van der Waals surface area (Å²) >= 11 is 1.83. The first-order valence-electron chi connectivity index (χ1n) is 5.73. The van der Waals surface area contributed by atoms with Gasteiger partial charge in [0.15, 0.2) is 9.84 Å². The van der Waals surface area contributed by atoms with E-state index in [9.17, 15) is 8.42 Å². The Hall–Kier alpha value is -0.520. The standard InChI is InChI=1S/C12H17NO2S2/c1-17(14,15)12-6-4-10(5-7-12)16-11-3-2-8-13-9-11/h4-7,11,13H,2-3,8-9H2,1H3. The molecule has 1 heterocycles. The van der Waals surface area contributed by atoms with Gasteiger partial charge in [-0.3, -0.25) is 0 Å². The number of hydrogen-bond donors (Lipinski definition) is 1. The number of nitrogens with one attached hydrogen (secondary N) is 1. The predicted octanol–water partition coefficient (Wildman–Crippen LogP) is 1.93. The molecule has 0 spiro atoms. The van der Waals surface area contributed by atoms with Crippen LogP contribution >= 0.6 is 11.8 Å². The number of rotatable bonds is 3. The summed E-state index contributed by atoms with van der Waals surface area (Å²) in [5.74, 6) is 0. The number of thioether (sulfide) groups is 1. The predicted molar refractivity (Wildman–Crippen MR) is 71.3 cm³/mol. The van der Waals surface area contributed by atoms with Crippen LogP contribution in [0, 0.1) is 0 Å². The molecule has 0 radical (unpaired) electrons. The molecule has 94 valence electrons. The highest BCUT2D eigenvalue weighted by atomic mass is 32.2. The van der Waals surface area contributed by atoms with Gasteiger partial charge in [-0.05, 0) is 43.7 Å². The van der Waals surface area contributed by atoms with Gasteiger partial charge in [0.1, 0.15) is 0 Å². The van der Waals surface area contributed by atoms with E-state index in [4.69, 9.17) is 0 Å². The second-order valence-corrected chi connectivity index (χ2v) is 7.72. The highest BCUT2D eigenvalue weighted by Gasteiger charge is 2.14. The van der Waals surface area contributed by atoms with Gasteiger partial charge >= 0.3 is 0 Å². The smallest absolute Gasteiger partial charge is 0.175 e. The SMILES string of the molecule is CS(=O)(=O)c1ccc(SC2CCCNC2)cc1. The number of sulfone groups is 1. The van der Waals surface area contributed by atoms with Gasteiger partial charge in [-0.2, -0.15) is 0 Å². The number of hydrogen-bond acceptors (Lipinski definition) is 4. The van der Waals surface area contributed by atoms with Crippen molar-refractivity contribution >= 4 is 21.6 Å². The van der Waals surface area contributed by atoms with Gasteiger partial charge in [0.05, 0.1) is 4.90 Å². The fraction of sp³-hybridized carbons (Fsp3) is 0.500. The Labute approximate surface area is 107 Å². The molecular weight excluding hydrogens is 254 g/mol. The Bertz CT molecular complexity index is 462. The van der Waals surface area contributed by atoms with Gasteiger partial charge in [0.25, 0.3) is 0 Å². The lowest BCUT2D eigenvalue weighted by atomic mass is 10.2. The Morgan fingerprint density at radius 1 is 1.29 bits per heavy atom. The molecule has 1 aromatic carbocycles. The average molecular weight is 271 g/mol. The molecule has 1 aliphatic rings. The van der Waals surface area contributed by atoms with Crippen LogP contribution in [0.15, 0.2) is 34.1 Å². The topological polar surface area (TPSA) is 46.2 Å². The van der Waals surface area contributed by atoms with Crippen molar-refractivity contribution in [3.05, 3.63) is 24.3 Å². The Balaban J connectivity index is 2.03. The lowest BCUT2D eigenvalue weighted by molar-refractivity contribution is 0.531. The maximum atomic E-state index is 11.3. The van der Waals surface area contributed by atoms with Crippen molar-refractivity contribution in [1.82, 2.24) is 5.32 Å². The van der Waals surface area contributed by atoms with E-state index < -0.39 is 9.84 Å². The van der Waals surface area contributed by atoms with E-state index in [1.165, 1.54) is 19.1 Å². The molecule has 0 bridgehead atoms. The zero-order valence-electron chi connectivity index (χ0n) is 9.85. The maximum absolute atomic E-state index is 11.3. The summed E-state index contributed by atoms with van der Waals surface area (Å²) in [4.78, 5) is 1.54. The molecule has 3 nitrogen and oxygen atoms in total. The molecule has 1 N–H and O–H groups in total. The van der Waals surface area contributed by atoms with Crippen molar-refractivity contribution < 1.29 is 8.42 Å². The molecule has 1 aromatic rings. The van der Waals surface area contributed by atoms with Crippen LogP contribution in [0.25, 0.3) is 0 Å².